The summed E-state index contributed by atoms with van der Waals surface area (Å²) in [4.78, 5) is 0. The molecule has 15 heavy (non-hydrogen) atoms. The smallest absolute Gasteiger partial charge is 0.0462 e. The molecule has 0 fully saturated rings. The van der Waals surface area contributed by atoms with Crippen LogP contribution in [0.3, 0.4) is 0 Å². The Hall–Kier alpha value is -0.470. The zero-order valence-corrected chi connectivity index (χ0v) is 10.4. The van der Waals surface area contributed by atoms with E-state index in [0.717, 1.165) is 18.6 Å². The Morgan fingerprint density at radius 1 is 1.40 bits per heavy atom. The molecule has 1 aromatic rings. The number of aliphatic hydroxyl groups is 1. The molecule has 1 aromatic carbocycles. The lowest BCUT2D eigenvalue weighted by Gasteiger charge is -2.13. The summed E-state index contributed by atoms with van der Waals surface area (Å²) >= 11 is 1.85. The standard InChI is InChI=1S/C13H20OS/c1-11-4-3-5-12(8-11)9-13(10-14)6-7-15-2/h3-5,8,13-14H,6-7,9-10H2,1-2H3. The average molecular weight is 224 g/mol. The number of rotatable bonds is 6. The van der Waals surface area contributed by atoms with Crippen molar-refractivity contribution in [1.29, 1.82) is 0 Å². The highest BCUT2D eigenvalue weighted by atomic mass is 32.2. The summed E-state index contributed by atoms with van der Waals surface area (Å²) in [5.74, 6) is 1.55. The van der Waals surface area contributed by atoms with E-state index in [1.54, 1.807) is 0 Å². The minimum Gasteiger partial charge on any atom is -0.396 e. The summed E-state index contributed by atoms with van der Waals surface area (Å²) in [7, 11) is 0. The Morgan fingerprint density at radius 3 is 2.80 bits per heavy atom. The lowest BCUT2D eigenvalue weighted by Crippen LogP contribution is -2.10. The molecule has 1 atom stereocenters. The molecule has 0 aromatic heterocycles. The van der Waals surface area contributed by atoms with Gasteiger partial charge in [0.05, 0.1) is 0 Å². The van der Waals surface area contributed by atoms with Gasteiger partial charge in [-0.05, 0) is 43.3 Å². The van der Waals surface area contributed by atoms with Gasteiger partial charge >= 0.3 is 0 Å². The van der Waals surface area contributed by atoms with Gasteiger partial charge in [-0.2, -0.15) is 11.8 Å². The van der Waals surface area contributed by atoms with E-state index in [4.69, 9.17) is 0 Å². The molecule has 0 saturated carbocycles. The normalized spacial score (nSPS) is 12.7. The van der Waals surface area contributed by atoms with Crippen molar-refractivity contribution in [3.63, 3.8) is 0 Å². The minimum absolute atomic E-state index is 0.300. The Labute approximate surface area is 96.9 Å². The molecule has 2 heteroatoms. The summed E-state index contributed by atoms with van der Waals surface area (Å²) < 4.78 is 0. The second kappa shape index (κ2) is 6.91. The van der Waals surface area contributed by atoms with E-state index in [1.165, 1.54) is 11.1 Å². The number of aliphatic hydroxyl groups excluding tert-OH is 1. The van der Waals surface area contributed by atoms with Gasteiger partial charge in [0.2, 0.25) is 0 Å². The predicted octanol–water partition coefficient (Wildman–Crippen LogP) is 2.90. The van der Waals surface area contributed by atoms with Gasteiger partial charge in [0.15, 0.2) is 0 Å². The van der Waals surface area contributed by atoms with Crippen LogP contribution < -0.4 is 0 Å². The van der Waals surface area contributed by atoms with Gasteiger partial charge in [-0.3, -0.25) is 0 Å². The fourth-order valence-electron chi connectivity index (χ4n) is 1.71. The fraction of sp³-hybridized carbons (Fsp3) is 0.538. The molecule has 1 N–H and O–H groups in total. The zero-order valence-electron chi connectivity index (χ0n) is 9.57. The largest absolute Gasteiger partial charge is 0.396 e. The average Bonchev–Trinajstić information content (AvgIpc) is 2.24. The Bertz CT molecular complexity index is 286. The van der Waals surface area contributed by atoms with Crippen molar-refractivity contribution in [1.82, 2.24) is 0 Å². The van der Waals surface area contributed by atoms with Gasteiger partial charge in [0.25, 0.3) is 0 Å². The first kappa shape index (κ1) is 12.6. The van der Waals surface area contributed by atoms with Gasteiger partial charge in [0.1, 0.15) is 0 Å². The van der Waals surface area contributed by atoms with Crippen molar-refractivity contribution >= 4 is 11.8 Å². The third-order valence-electron chi connectivity index (χ3n) is 2.60. The van der Waals surface area contributed by atoms with Crippen LogP contribution in [-0.4, -0.2) is 23.7 Å². The lowest BCUT2D eigenvalue weighted by atomic mass is 9.97. The molecule has 1 nitrogen and oxygen atoms in total. The molecule has 84 valence electrons. The maximum atomic E-state index is 9.27. The highest BCUT2D eigenvalue weighted by Crippen LogP contribution is 2.15. The number of aryl methyl sites for hydroxylation is 1. The highest BCUT2D eigenvalue weighted by molar-refractivity contribution is 7.98. The Kier molecular flexibility index (Phi) is 5.81. The number of benzene rings is 1. The van der Waals surface area contributed by atoms with E-state index in [0.29, 0.717) is 12.5 Å². The van der Waals surface area contributed by atoms with Crippen LogP contribution in [0.25, 0.3) is 0 Å². The number of hydrogen-bond acceptors (Lipinski definition) is 2. The maximum Gasteiger partial charge on any atom is 0.0462 e. The predicted molar refractivity (Wildman–Crippen MR) is 68.5 cm³/mol. The van der Waals surface area contributed by atoms with E-state index in [1.807, 2.05) is 11.8 Å². The fourth-order valence-corrected chi connectivity index (χ4v) is 2.28. The number of hydrogen-bond donors (Lipinski definition) is 1. The second-order valence-corrected chi connectivity index (χ2v) is 5.01. The quantitative estimate of drug-likeness (QED) is 0.802. The highest BCUT2D eigenvalue weighted by Gasteiger charge is 2.07. The number of thioether (sulfide) groups is 1. The molecule has 1 rings (SSSR count). The van der Waals surface area contributed by atoms with Crippen molar-refractivity contribution < 1.29 is 5.11 Å². The van der Waals surface area contributed by atoms with Crippen molar-refractivity contribution in [3.8, 4) is 0 Å². The third kappa shape index (κ3) is 4.72. The summed E-state index contributed by atoms with van der Waals surface area (Å²) in [6, 6.07) is 8.56. The van der Waals surface area contributed by atoms with Crippen molar-refractivity contribution in [2.24, 2.45) is 5.92 Å². The van der Waals surface area contributed by atoms with Crippen molar-refractivity contribution in [2.45, 2.75) is 19.8 Å². The molecule has 0 spiro atoms. The van der Waals surface area contributed by atoms with Crippen LogP contribution in [0.1, 0.15) is 17.5 Å². The molecular weight excluding hydrogens is 204 g/mol. The van der Waals surface area contributed by atoms with Gasteiger partial charge in [-0.25, -0.2) is 0 Å². The van der Waals surface area contributed by atoms with Crippen LogP contribution >= 0.6 is 11.8 Å². The van der Waals surface area contributed by atoms with Crippen LogP contribution in [0.15, 0.2) is 24.3 Å². The van der Waals surface area contributed by atoms with Gasteiger partial charge < -0.3 is 5.11 Å². The zero-order chi connectivity index (χ0) is 11.1. The summed E-state index contributed by atoms with van der Waals surface area (Å²) in [5, 5.41) is 9.27. The summed E-state index contributed by atoms with van der Waals surface area (Å²) in [6.07, 6.45) is 4.21. The molecule has 0 aliphatic carbocycles. The first-order chi connectivity index (χ1) is 7.26. The molecule has 1 unspecified atom stereocenters. The van der Waals surface area contributed by atoms with Crippen LogP contribution in [0.2, 0.25) is 0 Å². The molecule has 0 bridgehead atoms. The van der Waals surface area contributed by atoms with Crippen molar-refractivity contribution in [3.05, 3.63) is 35.4 Å². The van der Waals surface area contributed by atoms with Gasteiger partial charge in [-0.15, -0.1) is 0 Å². The molecule has 0 amide bonds. The Balaban J connectivity index is 2.50. The molecule has 0 heterocycles. The third-order valence-corrected chi connectivity index (χ3v) is 3.24. The van der Waals surface area contributed by atoms with E-state index in [-0.39, 0.29) is 0 Å². The van der Waals surface area contributed by atoms with Gasteiger partial charge in [-0.1, -0.05) is 29.8 Å². The van der Waals surface area contributed by atoms with E-state index in [9.17, 15) is 5.11 Å². The molecule has 0 aliphatic rings. The second-order valence-electron chi connectivity index (χ2n) is 4.02. The van der Waals surface area contributed by atoms with E-state index >= 15 is 0 Å². The summed E-state index contributed by atoms with van der Waals surface area (Å²) in [6.45, 7) is 2.41. The van der Waals surface area contributed by atoms with Crippen molar-refractivity contribution in [2.75, 3.05) is 18.6 Å². The first-order valence-corrected chi connectivity index (χ1v) is 6.81. The van der Waals surface area contributed by atoms with Crippen LogP contribution in [0.4, 0.5) is 0 Å². The topological polar surface area (TPSA) is 20.2 Å². The van der Waals surface area contributed by atoms with Crippen LogP contribution in [0.5, 0.6) is 0 Å². The monoisotopic (exact) mass is 224 g/mol. The first-order valence-electron chi connectivity index (χ1n) is 5.41. The lowest BCUT2D eigenvalue weighted by molar-refractivity contribution is 0.223. The van der Waals surface area contributed by atoms with Gasteiger partial charge in [0, 0.05) is 6.61 Å². The molecule has 0 radical (unpaired) electrons. The van der Waals surface area contributed by atoms with E-state index in [2.05, 4.69) is 37.4 Å². The SMILES string of the molecule is CSCCC(CO)Cc1cccc(C)c1. The van der Waals surface area contributed by atoms with Crippen LogP contribution in [-0.2, 0) is 6.42 Å². The molecule has 0 aliphatic heterocycles. The maximum absolute atomic E-state index is 9.27. The summed E-state index contributed by atoms with van der Waals surface area (Å²) in [5.41, 5.74) is 2.64. The molecule has 0 saturated heterocycles. The van der Waals surface area contributed by atoms with Crippen LogP contribution in [0, 0.1) is 12.8 Å². The minimum atomic E-state index is 0.300. The Morgan fingerprint density at radius 2 is 2.20 bits per heavy atom. The molecular formula is C13H20OS. The van der Waals surface area contributed by atoms with E-state index < -0.39 is 0 Å².